The highest BCUT2D eigenvalue weighted by Gasteiger charge is 2.22. The first-order valence-corrected chi connectivity index (χ1v) is 7.41. The molecule has 0 radical (unpaired) electrons. The number of hydrogen-bond acceptors (Lipinski definition) is 6. The average Bonchev–Trinajstić information content (AvgIpc) is 2.49. The molecule has 1 aromatic heterocycles. The molecule has 2 heterocycles. The maximum atomic E-state index is 11.4. The van der Waals surface area contributed by atoms with Crippen molar-refractivity contribution in [2.75, 3.05) is 36.5 Å². The molecule has 1 aliphatic heterocycles. The Labute approximate surface area is 125 Å². The van der Waals surface area contributed by atoms with Crippen LogP contribution in [0.1, 0.15) is 31.7 Å². The van der Waals surface area contributed by atoms with Gasteiger partial charge in [0.2, 0.25) is 5.91 Å². The van der Waals surface area contributed by atoms with Crippen LogP contribution in [0.5, 0.6) is 0 Å². The van der Waals surface area contributed by atoms with E-state index >= 15 is 0 Å². The first kappa shape index (κ1) is 15.5. The number of amides is 1. The van der Waals surface area contributed by atoms with Crippen molar-refractivity contribution in [3.63, 3.8) is 0 Å². The normalized spacial score (nSPS) is 15.2. The fourth-order valence-corrected chi connectivity index (χ4v) is 2.57. The second-order valence-corrected chi connectivity index (χ2v) is 5.32. The van der Waals surface area contributed by atoms with Crippen LogP contribution in [0.15, 0.2) is 0 Å². The van der Waals surface area contributed by atoms with Gasteiger partial charge in [-0.25, -0.2) is 15.8 Å². The summed E-state index contributed by atoms with van der Waals surface area (Å²) in [7, 11) is 0. The molecule has 0 aliphatic carbocycles. The third-order valence-electron chi connectivity index (χ3n) is 3.80. The number of nitrogens with one attached hydrogen (secondary N) is 1. The molecule has 0 spiro atoms. The predicted octanol–water partition coefficient (Wildman–Crippen LogP) is 0.692. The number of carbonyl (C=O) groups is 1. The van der Waals surface area contributed by atoms with Gasteiger partial charge >= 0.3 is 0 Å². The van der Waals surface area contributed by atoms with Crippen LogP contribution in [0, 0.1) is 6.92 Å². The van der Waals surface area contributed by atoms with Crippen LogP contribution in [-0.2, 0) is 11.2 Å². The molecule has 2 rings (SSSR count). The van der Waals surface area contributed by atoms with Gasteiger partial charge in [-0.1, -0.05) is 6.92 Å². The van der Waals surface area contributed by atoms with E-state index in [0.29, 0.717) is 5.82 Å². The standard InChI is InChI=1S/C14H24N6O/c1-4-5-12-16-13(18-15)10(2)14(17-12)20-8-6-19(7-9-20)11(3)21/h4-9,15H2,1-3H3,(H,16,17,18). The van der Waals surface area contributed by atoms with Gasteiger partial charge in [0.15, 0.2) is 0 Å². The van der Waals surface area contributed by atoms with Gasteiger partial charge in [0.1, 0.15) is 17.5 Å². The molecular weight excluding hydrogens is 268 g/mol. The van der Waals surface area contributed by atoms with Crippen molar-refractivity contribution in [3.8, 4) is 0 Å². The fourth-order valence-electron chi connectivity index (χ4n) is 2.57. The molecule has 1 aromatic rings. The molecule has 0 atom stereocenters. The van der Waals surface area contributed by atoms with E-state index in [2.05, 4.69) is 27.2 Å². The summed E-state index contributed by atoms with van der Waals surface area (Å²) in [5.74, 6) is 8.10. The van der Waals surface area contributed by atoms with Gasteiger partial charge in [0, 0.05) is 45.1 Å². The molecule has 21 heavy (non-hydrogen) atoms. The molecule has 0 aromatic carbocycles. The molecule has 1 aliphatic rings. The lowest BCUT2D eigenvalue weighted by Crippen LogP contribution is -2.48. The molecule has 7 nitrogen and oxygen atoms in total. The topological polar surface area (TPSA) is 87.4 Å². The summed E-state index contributed by atoms with van der Waals surface area (Å²) in [4.78, 5) is 24.6. The van der Waals surface area contributed by atoms with E-state index in [1.165, 1.54) is 0 Å². The molecule has 1 fully saturated rings. The predicted molar refractivity (Wildman–Crippen MR) is 83.0 cm³/mol. The summed E-state index contributed by atoms with van der Waals surface area (Å²) in [5, 5.41) is 0. The number of anilines is 2. The first-order chi connectivity index (χ1) is 10.1. The van der Waals surface area contributed by atoms with Crippen LogP contribution in [0.4, 0.5) is 11.6 Å². The van der Waals surface area contributed by atoms with Crippen LogP contribution < -0.4 is 16.2 Å². The highest BCUT2D eigenvalue weighted by molar-refractivity contribution is 5.73. The lowest BCUT2D eigenvalue weighted by Gasteiger charge is -2.35. The maximum absolute atomic E-state index is 11.4. The molecule has 0 unspecified atom stereocenters. The van der Waals surface area contributed by atoms with Crippen molar-refractivity contribution >= 4 is 17.5 Å². The van der Waals surface area contributed by atoms with E-state index in [1.54, 1.807) is 6.92 Å². The van der Waals surface area contributed by atoms with Gasteiger partial charge in [-0.05, 0) is 13.3 Å². The summed E-state index contributed by atoms with van der Waals surface area (Å²) in [6.45, 7) is 8.71. The number of nitrogen functional groups attached to an aromatic ring is 1. The molecule has 1 saturated heterocycles. The van der Waals surface area contributed by atoms with Crippen molar-refractivity contribution in [1.82, 2.24) is 14.9 Å². The summed E-state index contributed by atoms with van der Waals surface area (Å²) in [6, 6.07) is 0. The number of hydrogen-bond donors (Lipinski definition) is 2. The van der Waals surface area contributed by atoms with Crippen molar-refractivity contribution in [3.05, 3.63) is 11.4 Å². The zero-order valence-corrected chi connectivity index (χ0v) is 13.0. The Morgan fingerprint density at radius 2 is 1.95 bits per heavy atom. The van der Waals surface area contributed by atoms with Crippen molar-refractivity contribution in [2.24, 2.45) is 5.84 Å². The average molecular weight is 292 g/mol. The fraction of sp³-hybridized carbons (Fsp3) is 0.643. The Balaban J connectivity index is 2.22. The van der Waals surface area contributed by atoms with E-state index in [4.69, 9.17) is 5.84 Å². The van der Waals surface area contributed by atoms with Gasteiger partial charge in [0.25, 0.3) is 0 Å². The van der Waals surface area contributed by atoms with E-state index in [0.717, 1.165) is 56.2 Å². The summed E-state index contributed by atoms with van der Waals surface area (Å²) < 4.78 is 0. The van der Waals surface area contributed by atoms with Crippen LogP contribution >= 0.6 is 0 Å². The van der Waals surface area contributed by atoms with E-state index in [1.807, 2.05) is 11.8 Å². The van der Waals surface area contributed by atoms with Gasteiger partial charge in [-0.15, -0.1) is 0 Å². The minimum atomic E-state index is 0.130. The van der Waals surface area contributed by atoms with Gasteiger partial charge in [-0.3, -0.25) is 4.79 Å². The number of hydrazine groups is 1. The van der Waals surface area contributed by atoms with Crippen molar-refractivity contribution < 1.29 is 4.79 Å². The quantitative estimate of drug-likeness (QED) is 0.627. The van der Waals surface area contributed by atoms with Gasteiger partial charge in [-0.2, -0.15) is 0 Å². The minimum absolute atomic E-state index is 0.130. The number of aryl methyl sites for hydroxylation is 1. The maximum Gasteiger partial charge on any atom is 0.219 e. The molecule has 1 amide bonds. The SMILES string of the molecule is CCCc1nc(NN)c(C)c(N2CCN(C(C)=O)CC2)n1. The molecule has 116 valence electrons. The number of carbonyl (C=O) groups excluding carboxylic acids is 1. The smallest absolute Gasteiger partial charge is 0.219 e. The summed E-state index contributed by atoms with van der Waals surface area (Å²) in [5.41, 5.74) is 3.61. The second-order valence-electron chi connectivity index (χ2n) is 5.32. The summed E-state index contributed by atoms with van der Waals surface area (Å²) >= 11 is 0. The molecular formula is C14H24N6O. The second kappa shape index (κ2) is 6.71. The largest absolute Gasteiger partial charge is 0.353 e. The summed E-state index contributed by atoms with van der Waals surface area (Å²) in [6.07, 6.45) is 1.82. The molecule has 7 heteroatoms. The zero-order chi connectivity index (χ0) is 15.4. The number of rotatable bonds is 4. The minimum Gasteiger partial charge on any atom is -0.353 e. The Kier molecular flexibility index (Phi) is 4.95. The Morgan fingerprint density at radius 3 is 2.48 bits per heavy atom. The van der Waals surface area contributed by atoms with E-state index < -0.39 is 0 Å². The van der Waals surface area contributed by atoms with Gasteiger partial charge < -0.3 is 15.2 Å². The van der Waals surface area contributed by atoms with Crippen molar-refractivity contribution in [1.29, 1.82) is 0 Å². The van der Waals surface area contributed by atoms with Crippen LogP contribution in [-0.4, -0.2) is 47.0 Å². The van der Waals surface area contributed by atoms with Crippen LogP contribution in [0.3, 0.4) is 0 Å². The number of aromatic nitrogens is 2. The Hall–Kier alpha value is -1.89. The lowest BCUT2D eigenvalue weighted by molar-refractivity contribution is -0.129. The highest BCUT2D eigenvalue weighted by atomic mass is 16.2. The third-order valence-corrected chi connectivity index (χ3v) is 3.80. The number of nitrogens with two attached hydrogens (primary N) is 1. The van der Waals surface area contributed by atoms with E-state index in [-0.39, 0.29) is 5.91 Å². The lowest BCUT2D eigenvalue weighted by atomic mass is 10.2. The first-order valence-electron chi connectivity index (χ1n) is 7.41. The van der Waals surface area contributed by atoms with Crippen LogP contribution in [0.2, 0.25) is 0 Å². The molecule has 3 N–H and O–H groups in total. The van der Waals surface area contributed by atoms with Crippen molar-refractivity contribution in [2.45, 2.75) is 33.6 Å². The molecule has 0 saturated carbocycles. The molecule has 0 bridgehead atoms. The monoisotopic (exact) mass is 292 g/mol. The Morgan fingerprint density at radius 1 is 1.29 bits per heavy atom. The zero-order valence-electron chi connectivity index (χ0n) is 13.0. The van der Waals surface area contributed by atoms with Crippen LogP contribution in [0.25, 0.3) is 0 Å². The Bertz CT molecular complexity index is 510. The van der Waals surface area contributed by atoms with Gasteiger partial charge in [0.05, 0.1) is 0 Å². The van der Waals surface area contributed by atoms with E-state index in [9.17, 15) is 4.79 Å². The number of piperazine rings is 1. The number of nitrogens with zero attached hydrogens (tertiary/aromatic N) is 4. The highest BCUT2D eigenvalue weighted by Crippen LogP contribution is 2.24. The third kappa shape index (κ3) is 3.41.